The van der Waals surface area contributed by atoms with E-state index in [1.807, 2.05) is 20.0 Å². The van der Waals surface area contributed by atoms with Gasteiger partial charge in [-0.15, -0.1) is 0 Å². The second-order valence-corrected chi connectivity index (χ2v) is 7.36. The molecular weight excluding hydrogens is 268 g/mol. The lowest BCUT2D eigenvalue weighted by Gasteiger charge is -2.35. The summed E-state index contributed by atoms with van der Waals surface area (Å²) in [7, 11) is 0. The largest absolute Gasteiger partial charge is 0.299 e. The minimum absolute atomic E-state index is 0.785. The summed E-state index contributed by atoms with van der Waals surface area (Å²) in [6.45, 7) is 8.91. The summed E-state index contributed by atoms with van der Waals surface area (Å²) in [6.07, 6.45) is 11.7. The van der Waals surface area contributed by atoms with Crippen molar-refractivity contribution in [1.82, 2.24) is 9.88 Å². The highest BCUT2D eigenvalue weighted by Gasteiger charge is 2.34. The van der Waals surface area contributed by atoms with Gasteiger partial charge in [0, 0.05) is 31.0 Å². The number of nitrogens with zero attached hydrogens (tertiary/aromatic N) is 2. The van der Waals surface area contributed by atoms with Crippen LogP contribution < -0.4 is 0 Å². The van der Waals surface area contributed by atoms with E-state index >= 15 is 0 Å². The Kier molecular flexibility index (Phi) is 5.18. The number of fused-ring (bicyclic) bond motifs is 1. The van der Waals surface area contributed by atoms with Crippen molar-refractivity contribution in [3.63, 3.8) is 0 Å². The monoisotopic (exact) mass is 300 g/mol. The first-order chi connectivity index (χ1) is 10.8. The zero-order chi connectivity index (χ0) is 15.5. The molecule has 0 aromatic carbocycles. The highest BCUT2D eigenvalue weighted by atomic mass is 15.2. The molecule has 3 aliphatic rings. The Morgan fingerprint density at radius 3 is 2.27 bits per heavy atom. The Labute approximate surface area is 136 Å². The van der Waals surface area contributed by atoms with Gasteiger partial charge in [0.25, 0.3) is 0 Å². The molecule has 0 radical (unpaired) electrons. The van der Waals surface area contributed by atoms with Crippen molar-refractivity contribution in [2.45, 2.75) is 71.8 Å². The summed E-state index contributed by atoms with van der Waals surface area (Å²) in [6, 6.07) is 3.16. The van der Waals surface area contributed by atoms with Gasteiger partial charge in [0.2, 0.25) is 0 Å². The third kappa shape index (κ3) is 4.10. The van der Waals surface area contributed by atoms with E-state index in [2.05, 4.69) is 22.9 Å². The van der Waals surface area contributed by atoms with Crippen LogP contribution in [0.25, 0.3) is 0 Å². The molecule has 2 saturated carbocycles. The van der Waals surface area contributed by atoms with Crippen LogP contribution in [0.5, 0.6) is 0 Å². The lowest BCUT2D eigenvalue weighted by Crippen LogP contribution is -2.42. The predicted molar refractivity (Wildman–Crippen MR) is 93.2 cm³/mol. The molecule has 1 unspecified atom stereocenters. The van der Waals surface area contributed by atoms with Gasteiger partial charge in [-0.2, -0.15) is 0 Å². The van der Waals surface area contributed by atoms with Crippen molar-refractivity contribution in [2.24, 2.45) is 11.8 Å². The van der Waals surface area contributed by atoms with Gasteiger partial charge >= 0.3 is 0 Å². The van der Waals surface area contributed by atoms with Crippen molar-refractivity contribution in [2.75, 3.05) is 13.1 Å². The molecule has 0 aliphatic heterocycles. The fourth-order valence-corrected chi connectivity index (χ4v) is 3.67. The van der Waals surface area contributed by atoms with Crippen molar-refractivity contribution in [3.8, 4) is 0 Å². The molecule has 0 saturated heterocycles. The third-order valence-corrected chi connectivity index (χ3v) is 5.26. The van der Waals surface area contributed by atoms with Gasteiger partial charge in [0.15, 0.2) is 0 Å². The van der Waals surface area contributed by atoms with E-state index in [-0.39, 0.29) is 0 Å². The molecule has 1 aromatic heterocycles. The minimum atomic E-state index is 0.785. The Bertz CT molecular complexity index is 474. The molecule has 2 heteroatoms. The van der Waals surface area contributed by atoms with E-state index in [0.717, 1.165) is 17.9 Å². The van der Waals surface area contributed by atoms with Crippen LogP contribution in [0.15, 0.2) is 12.3 Å². The summed E-state index contributed by atoms with van der Waals surface area (Å²) in [5, 5.41) is 0. The molecule has 2 nitrogen and oxygen atoms in total. The van der Waals surface area contributed by atoms with Crippen LogP contribution in [-0.2, 0) is 12.8 Å². The highest BCUT2D eigenvalue weighted by Crippen LogP contribution is 2.36. The Hall–Kier alpha value is -0.890. The third-order valence-electron chi connectivity index (χ3n) is 5.26. The maximum absolute atomic E-state index is 4.64. The van der Waals surface area contributed by atoms with Crippen LogP contribution in [0, 0.1) is 18.8 Å². The number of hydrogen-bond acceptors (Lipinski definition) is 2. The van der Waals surface area contributed by atoms with Gasteiger partial charge in [-0.25, -0.2) is 0 Å². The summed E-state index contributed by atoms with van der Waals surface area (Å²) in [4.78, 5) is 7.49. The molecule has 0 N–H and O–H groups in total. The molecule has 4 rings (SSSR count). The molecule has 122 valence electrons. The van der Waals surface area contributed by atoms with Gasteiger partial charge in [-0.3, -0.25) is 9.88 Å². The number of aryl methyl sites for hydroxylation is 2. The molecule has 1 heterocycles. The molecule has 1 aromatic rings. The first-order valence-corrected chi connectivity index (χ1v) is 9.46. The summed E-state index contributed by atoms with van der Waals surface area (Å²) in [5.41, 5.74) is 4.21. The minimum Gasteiger partial charge on any atom is -0.299 e. The van der Waals surface area contributed by atoms with E-state index in [9.17, 15) is 0 Å². The van der Waals surface area contributed by atoms with Crippen molar-refractivity contribution >= 4 is 0 Å². The van der Waals surface area contributed by atoms with Gasteiger partial charge in [-0.1, -0.05) is 19.9 Å². The lowest BCUT2D eigenvalue weighted by atomic mass is 9.89. The predicted octanol–water partition coefficient (Wildman–Crippen LogP) is 4.40. The molecule has 0 spiro atoms. The Morgan fingerprint density at radius 2 is 1.68 bits per heavy atom. The second kappa shape index (κ2) is 7.12. The van der Waals surface area contributed by atoms with E-state index in [1.54, 1.807) is 0 Å². The van der Waals surface area contributed by atoms with Gasteiger partial charge in [0.1, 0.15) is 0 Å². The number of aromatic nitrogens is 1. The van der Waals surface area contributed by atoms with Crippen molar-refractivity contribution < 1.29 is 0 Å². The highest BCUT2D eigenvalue weighted by molar-refractivity contribution is 5.28. The second-order valence-electron chi connectivity index (χ2n) is 7.36. The normalized spacial score (nSPS) is 23.7. The molecule has 2 fully saturated rings. The lowest BCUT2D eigenvalue weighted by molar-refractivity contribution is 0.164. The van der Waals surface area contributed by atoms with Crippen LogP contribution in [-0.4, -0.2) is 29.0 Å². The SMILES string of the molecule is CC.Cc1cnc2c(c1)CC(N(CC1CC1)CC1CC1)CC2. The van der Waals surface area contributed by atoms with Crippen molar-refractivity contribution in [1.29, 1.82) is 0 Å². The smallest absolute Gasteiger partial charge is 0.0436 e. The van der Waals surface area contributed by atoms with Crippen LogP contribution in [0.2, 0.25) is 0 Å². The molecule has 22 heavy (non-hydrogen) atoms. The summed E-state index contributed by atoms with van der Waals surface area (Å²) in [5.74, 6) is 2.04. The van der Waals surface area contributed by atoms with Crippen LogP contribution in [0.3, 0.4) is 0 Å². The molecule has 0 bridgehead atoms. The van der Waals surface area contributed by atoms with Gasteiger partial charge in [0.05, 0.1) is 0 Å². The number of hydrogen-bond donors (Lipinski definition) is 0. The fourth-order valence-electron chi connectivity index (χ4n) is 3.67. The fraction of sp³-hybridized carbons (Fsp3) is 0.750. The average molecular weight is 300 g/mol. The quantitative estimate of drug-likeness (QED) is 0.801. The van der Waals surface area contributed by atoms with Gasteiger partial charge in [-0.05, 0) is 74.8 Å². The Morgan fingerprint density at radius 1 is 1.05 bits per heavy atom. The summed E-state index contributed by atoms with van der Waals surface area (Å²) < 4.78 is 0. The van der Waals surface area contributed by atoms with Gasteiger partial charge < -0.3 is 0 Å². The van der Waals surface area contributed by atoms with E-state index < -0.39 is 0 Å². The summed E-state index contributed by atoms with van der Waals surface area (Å²) >= 11 is 0. The zero-order valence-electron chi connectivity index (χ0n) is 14.6. The average Bonchev–Trinajstić information content (AvgIpc) is 3.44. The number of pyridine rings is 1. The van der Waals surface area contributed by atoms with Crippen LogP contribution in [0.4, 0.5) is 0 Å². The van der Waals surface area contributed by atoms with Crippen LogP contribution in [0.1, 0.15) is 62.8 Å². The van der Waals surface area contributed by atoms with E-state index in [0.29, 0.717) is 0 Å². The van der Waals surface area contributed by atoms with Crippen LogP contribution >= 0.6 is 0 Å². The molecular formula is C20H32N2. The Balaban J connectivity index is 0.000000693. The first-order valence-electron chi connectivity index (χ1n) is 9.46. The molecule has 1 atom stereocenters. The van der Waals surface area contributed by atoms with Crippen molar-refractivity contribution in [3.05, 3.63) is 29.1 Å². The standard InChI is InChI=1S/C18H26N2.C2H6/c1-13-8-16-9-17(6-7-18(16)19-10-13)20(11-14-2-3-14)12-15-4-5-15;1-2/h8,10,14-15,17H,2-7,9,11-12H2,1H3;1-2H3. The van der Waals surface area contributed by atoms with E-state index in [4.69, 9.17) is 0 Å². The topological polar surface area (TPSA) is 16.1 Å². The molecule has 3 aliphatic carbocycles. The zero-order valence-corrected chi connectivity index (χ0v) is 14.6. The van der Waals surface area contributed by atoms with E-state index in [1.165, 1.54) is 74.9 Å². The maximum atomic E-state index is 4.64. The first kappa shape index (κ1) is 16.0. The molecule has 0 amide bonds. The number of rotatable bonds is 5. The maximum Gasteiger partial charge on any atom is 0.0436 e.